The lowest BCUT2D eigenvalue weighted by molar-refractivity contribution is -0.0704. The predicted octanol–water partition coefficient (Wildman–Crippen LogP) is 9.15. The third-order valence-corrected chi connectivity index (χ3v) is 8.88. The Hall–Kier alpha value is -4.80. The third kappa shape index (κ3) is 6.52. The number of nitrogens with zero attached hydrogens (tertiary/aromatic N) is 3. The van der Waals surface area contributed by atoms with E-state index in [0.29, 0.717) is 0 Å². The molecule has 0 radical (unpaired) electrons. The molecule has 3 heteroatoms. The van der Waals surface area contributed by atoms with E-state index >= 15 is 0 Å². The summed E-state index contributed by atoms with van der Waals surface area (Å²) in [6.45, 7) is 2.45. The minimum Gasteiger partial charge on any atom is -0.266 e. The van der Waals surface area contributed by atoms with Gasteiger partial charge >= 0.3 is 0 Å². The molecular formula is C42H39N3. The number of hydrogen-bond acceptors (Lipinski definition) is 3. The lowest BCUT2D eigenvalue weighted by Gasteiger charge is -2.50. The molecule has 1 aliphatic rings. The van der Waals surface area contributed by atoms with E-state index in [1.165, 1.54) is 33.4 Å². The normalized spacial score (nSPS) is 14.7. The van der Waals surface area contributed by atoms with Crippen molar-refractivity contribution < 1.29 is 0 Å². The molecule has 45 heavy (non-hydrogen) atoms. The quantitative estimate of drug-likeness (QED) is 0.168. The van der Waals surface area contributed by atoms with Crippen LogP contribution in [-0.4, -0.2) is 34.7 Å². The van der Waals surface area contributed by atoms with E-state index in [1.54, 1.807) is 0 Å². The Morgan fingerprint density at radius 1 is 0.244 bits per heavy atom. The van der Waals surface area contributed by atoms with Gasteiger partial charge in [0.05, 0.1) is 38.1 Å². The fourth-order valence-electron chi connectivity index (χ4n) is 6.98. The first-order valence-corrected chi connectivity index (χ1v) is 15.9. The van der Waals surface area contributed by atoms with Crippen molar-refractivity contribution >= 4 is 0 Å². The molecule has 7 rings (SSSR count). The van der Waals surface area contributed by atoms with Crippen LogP contribution < -0.4 is 0 Å². The first-order valence-electron chi connectivity index (χ1n) is 15.9. The van der Waals surface area contributed by atoms with Crippen molar-refractivity contribution in [1.82, 2.24) is 14.7 Å². The van der Waals surface area contributed by atoms with Gasteiger partial charge in [-0.05, 0) is 33.4 Å². The second-order valence-electron chi connectivity index (χ2n) is 11.9. The van der Waals surface area contributed by atoms with Gasteiger partial charge in [0.25, 0.3) is 0 Å². The highest BCUT2D eigenvalue weighted by molar-refractivity contribution is 5.36. The SMILES string of the molecule is c1ccc(C(c2ccccc2)N2CN(C(c3ccccc3)c3ccccc3)CN(C(c3ccccc3)c3ccccc3)C2)cc1. The van der Waals surface area contributed by atoms with Crippen molar-refractivity contribution in [1.29, 1.82) is 0 Å². The molecule has 1 heterocycles. The van der Waals surface area contributed by atoms with Gasteiger partial charge in [-0.15, -0.1) is 0 Å². The molecule has 0 amide bonds. The van der Waals surface area contributed by atoms with Crippen LogP contribution in [0.25, 0.3) is 0 Å². The molecule has 1 aliphatic heterocycles. The standard InChI is InChI=1S/C42H39N3/c1-7-19-34(20-8-1)40(35-21-9-2-10-22-35)43-31-44(41(36-23-11-3-12-24-36)37-25-13-4-14-26-37)33-45(32-43)42(38-27-15-5-16-28-38)39-29-17-6-18-30-39/h1-30,40-42H,31-33H2. The van der Waals surface area contributed by atoms with E-state index in [1.807, 2.05) is 0 Å². The zero-order chi connectivity index (χ0) is 30.3. The highest BCUT2D eigenvalue weighted by Crippen LogP contribution is 2.39. The molecule has 6 aromatic carbocycles. The van der Waals surface area contributed by atoms with Crippen LogP contribution in [0.4, 0.5) is 0 Å². The highest BCUT2D eigenvalue weighted by atomic mass is 15.5. The number of rotatable bonds is 9. The van der Waals surface area contributed by atoms with E-state index in [0.717, 1.165) is 20.0 Å². The van der Waals surface area contributed by atoms with Crippen LogP contribution in [0.15, 0.2) is 182 Å². The topological polar surface area (TPSA) is 9.72 Å². The van der Waals surface area contributed by atoms with Gasteiger partial charge in [-0.1, -0.05) is 182 Å². The van der Waals surface area contributed by atoms with E-state index < -0.39 is 0 Å². The molecule has 0 bridgehead atoms. The second kappa shape index (κ2) is 13.9. The molecule has 0 aromatic heterocycles. The zero-order valence-electron chi connectivity index (χ0n) is 25.5. The summed E-state index contributed by atoms with van der Waals surface area (Å²) in [7, 11) is 0. The van der Waals surface area contributed by atoms with Crippen molar-refractivity contribution in [2.24, 2.45) is 0 Å². The number of hydrogen-bond donors (Lipinski definition) is 0. The van der Waals surface area contributed by atoms with Gasteiger partial charge in [0.1, 0.15) is 0 Å². The molecule has 0 aliphatic carbocycles. The fourth-order valence-corrected chi connectivity index (χ4v) is 6.98. The van der Waals surface area contributed by atoms with Crippen molar-refractivity contribution in [3.8, 4) is 0 Å². The van der Waals surface area contributed by atoms with E-state index in [2.05, 4.69) is 197 Å². The molecular weight excluding hydrogens is 546 g/mol. The smallest absolute Gasteiger partial charge is 0.0625 e. The van der Waals surface area contributed by atoms with Crippen molar-refractivity contribution in [2.75, 3.05) is 20.0 Å². The van der Waals surface area contributed by atoms with Crippen LogP contribution >= 0.6 is 0 Å². The molecule has 0 spiro atoms. The molecule has 0 saturated carbocycles. The Labute approximate surface area is 267 Å². The van der Waals surface area contributed by atoms with Gasteiger partial charge in [0.15, 0.2) is 0 Å². The first kappa shape index (κ1) is 28.9. The maximum Gasteiger partial charge on any atom is 0.0625 e. The molecule has 0 atom stereocenters. The Bertz CT molecular complexity index is 1390. The molecule has 222 valence electrons. The Morgan fingerprint density at radius 2 is 0.400 bits per heavy atom. The summed E-state index contributed by atoms with van der Waals surface area (Å²) in [6, 6.07) is 66.3. The minimum absolute atomic E-state index is 0.0945. The van der Waals surface area contributed by atoms with Crippen molar-refractivity contribution in [2.45, 2.75) is 18.1 Å². The fraction of sp³-hybridized carbons (Fsp3) is 0.143. The summed E-state index contributed by atoms with van der Waals surface area (Å²) in [5.74, 6) is 0. The third-order valence-electron chi connectivity index (χ3n) is 8.88. The predicted molar refractivity (Wildman–Crippen MR) is 184 cm³/mol. The van der Waals surface area contributed by atoms with Crippen molar-refractivity contribution in [3.05, 3.63) is 215 Å². The summed E-state index contributed by atoms with van der Waals surface area (Å²) >= 11 is 0. The lowest BCUT2D eigenvalue weighted by Crippen LogP contribution is -2.57. The van der Waals surface area contributed by atoms with Gasteiger partial charge in [0.2, 0.25) is 0 Å². The van der Waals surface area contributed by atoms with Gasteiger partial charge in [-0.25, -0.2) is 0 Å². The summed E-state index contributed by atoms with van der Waals surface area (Å²) in [5, 5.41) is 0. The second-order valence-corrected chi connectivity index (χ2v) is 11.9. The average molecular weight is 586 g/mol. The molecule has 1 saturated heterocycles. The number of benzene rings is 6. The largest absolute Gasteiger partial charge is 0.266 e. The van der Waals surface area contributed by atoms with Crippen LogP contribution in [0.3, 0.4) is 0 Å². The maximum atomic E-state index is 2.66. The monoisotopic (exact) mass is 585 g/mol. The van der Waals surface area contributed by atoms with Crippen molar-refractivity contribution in [3.63, 3.8) is 0 Å². The van der Waals surface area contributed by atoms with E-state index in [9.17, 15) is 0 Å². The van der Waals surface area contributed by atoms with Crippen LogP contribution in [0, 0.1) is 0 Å². The van der Waals surface area contributed by atoms with Crippen LogP contribution in [0.5, 0.6) is 0 Å². The van der Waals surface area contributed by atoms with Crippen LogP contribution in [0.2, 0.25) is 0 Å². The Kier molecular flexibility index (Phi) is 8.93. The van der Waals surface area contributed by atoms with E-state index in [4.69, 9.17) is 0 Å². The average Bonchev–Trinajstić information content (AvgIpc) is 3.12. The molecule has 3 nitrogen and oxygen atoms in total. The summed E-state index contributed by atoms with van der Waals surface area (Å²) in [5.41, 5.74) is 7.82. The van der Waals surface area contributed by atoms with Gasteiger partial charge < -0.3 is 0 Å². The molecule has 6 aromatic rings. The lowest BCUT2D eigenvalue weighted by atomic mass is 9.94. The van der Waals surface area contributed by atoms with Gasteiger partial charge in [-0.3, -0.25) is 14.7 Å². The first-order chi connectivity index (χ1) is 22.3. The minimum atomic E-state index is 0.0945. The molecule has 0 N–H and O–H groups in total. The van der Waals surface area contributed by atoms with Gasteiger partial charge in [0, 0.05) is 0 Å². The summed E-state index contributed by atoms with van der Waals surface area (Å²) in [4.78, 5) is 7.98. The van der Waals surface area contributed by atoms with Crippen LogP contribution in [0.1, 0.15) is 51.5 Å². The highest BCUT2D eigenvalue weighted by Gasteiger charge is 2.37. The van der Waals surface area contributed by atoms with Crippen LogP contribution in [-0.2, 0) is 0 Å². The van der Waals surface area contributed by atoms with Gasteiger partial charge in [-0.2, -0.15) is 0 Å². The zero-order valence-corrected chi connectivity index (χ0v) is 25.5. The summed E-state index contributed by atoms with van der Waals surface area (Å²) < 4.78 is 0. The van der Waals surface area contributed by atoms with E-state index in [-0.39, 0.29) is 18.1 Å². The summed E-state index contributed by atoms with van der Waals surface area (Å²) in [6.07, 6.45) is 0. The maximum absolute atomic E-state index is 2.66. The Balaban J connectivity index is 1.38. The molecule has 1 fully saturated rings. The Morgan fingerprint density at radius 3 is 0.556 bits per heavy atom. The molecule has 0 unspecified atom stereocenters.